The van der Waals surface area contributed by atoms with Crippen molar-refractivity contribution in [3.8, 4) is 0 Å². The number of thioether (sulfide) groups is 2. The lowest BCUT2D eigenvalue weighted by molar-refractivity contribution is 0.762. The largest absolute Gasteiger partial charge is 0.146 e. The van der Waals surface area contributed by atoms with Crippen molar-refractivity contribution >= 4 is 23.5 Å². The van der Waals surface area contributed by atoms with Crippen molar-refractivity contribution in [1.29, 1.82) is 0 Å². The highest BCUT2D eigenvalue weighted by Crippen LogP contribution is 2.47. The quantitative estimate of drug-likeness (QED) is 0.664. The highest BCUT2D eigenvalue weighted by atomic mass is 32.2. The summed E-state index contributed by atoms with van der Waals surface area (Å²) in [5, 5.41) is 0. The Kier molecular flexibility index (Phi) is 3.63. The van der Waals surface area contributed by atoms with Gasteiger partial charge in [0, 0.05) is 10.5 Å². The standard InChI is InChI=1S/C9H18S2/c1-4-5-6-8-10-7-9(2,3)11-8/h8H,4-7H2,1-3H3/t8-/m0/s1. The summed E-state index contributed by atoms with van der Waals surface area (Å²) in [5.74, 6) is 1.34. The molecule has 0 bridgehead atoms. The molecule has 0 spiro atoms. The molecule has 1 rings (SSSR count). The van der Waals surface area contributed by atoms with Crippen LogP contribution in [0.2, 0.25) is 0 Å². The average molecular weight is 190 g/mol. The molecule has 1 saturated heterocycles. The Bertz CT molecular complexity index is 121. The molecule has 1 aliphatic rings. The third-order valence-corrected chi connectivity index (χ3v) is 5.52. The lowest BCUT2D eigenvalue weighted by atomic mass is 10.2. The Morgan fingerprint density at radius 1 is 1.45 bits per heavy atom. The van der Waals surface area contributed by atoms with Crippen LogP contribution in [0.4, 0.5) is 0 Å². The van der Waals surface area contributed by atoms with E-state index in [0.717, 1.165) is 4.58 Å². The summed E-state index contributed by atoms with van der Waals surface area (Å²) in [4.78, 5) is 0. The van der Waals surface area contributed by atoms with Gasteiger partial charge in [0.2, 0.25) is 0 Å². The van der Waals surface area contributed by atoms with E-state index in [0.29, 0.717) is 4.75 Å². The first-order valence-electron chi connectivity index (χ1n) is 4.43. The van der Waals surface area contributed by atoms with E-state index >= 15 is 0 Å². The third kappa shape index (κ3) is 3.29. The van der Waals surface area contributed by atoms with Gasteiger partial charge in [-0.05, 0) is 20.3 Å². The van der Waals surface area contributed by atoms with Gasteiger partial charge in [-0.1, -0.05) is 19.8 Å². The molecule has 0 aromatic carbocycles. The van der Waals surface area contributed by atoms with E-state index in [-0.39, 0.29) is 0 Å². The van der Waals surface area contributed by atoms with Gasteiger partial charge in [-0.2, -0.15) is 0 Å². The molecule has 11 heavy (non-hydrogen) atoms. The van der Waals surface area contributed by atoms with E-state index in [1.54, 1.807) is 0 Å². The van der Waals surface area contributed by atoms with Gasteiger partial charge in [-0.3, -0.25) is 0 Å². The molecule has 0 amide bonds. The Morgan fingerprint density at radius 2 is 2.18 bits per heavy atom. The maximum Gasteiger partial charge on any atom is 0.0508 e. The van der Waals surface area contributed by atoms with E-state index in [1.807, 2.05) is 0 Å². The van der Waals surface area contributed by atoms with Gasteiger partial charge in [0.15, 0.2) is 0 Å². The summed E-state index contributed by atoms with van der Waals surface area (Å²) in [5.41, 5.74) is 0. The zero-order valence-electron chi connectivity index (χ0n) is 7.72. The van der Waals surface area contributed by atoms with Gasteiger partial charge in [0.05, 0.1) is 4.58 Å². The second-order valence-electron chi connectivity index (χ2n) is 3.76. The van der Waals surface area contributed by atoms with E-state index < -0.39 is 0 Å². The second kappa shape index (κ2) is 4.08. The fraction of sp³-hybridized carbons (Fsp3) is 1.00. The maximum absolute atomic E-state index is 2.36. The normalized spacial score (nSPS) is 29.2. The summed E-state index contributed by atoms with van der Waals surface area (Å²) < 4.78 is 1.44. The topological polar surface area (TPSA) is 0 Å². The minimum absolute atomic E-state index is 0.545. The van der Waals surface area contributed by atoms with Crippen LogP contribution in [0, 0.1) is 0 Å². The predicted molar refractivity (Wildman–Crippen MR) is 57.4 cm³/mol. The molecular formula is C9H18S2. The fourth-order valence-corrected chi connectivity index (χ4v) is 4.88. The van der Waals surface area contributed by atoms with Crippen LogP contribution in [0.25, 0.3) is 0 Å². The highest BCUT2D eigenvalue weighted by molar-refractivity contribution is 8.20. The summed E-state index contributed by atoms with van der Waals surface area (Å²) in [6.07, 6.45) is 4.16. The van der Waals surface area contributed by atoms with Crippen LogP contribution in [-0.4, -0.2) is 15.1 Å². The Hall–Kier alpha value is 0.700. The fourth-order valence-electron chi connectivity index (χ4n) is 1.23. The van der Waals surface area contributed by atoms with Crippen molar-refractivity contribution in [2.45, 2.75) is 49.4 Å². The first-order chi connectivity index (χ1) is 5.14. The molecule has 0 unspecified atom stereocenters. The van der Waals surface area contributed by atoms with E-state index in [4.69, 9.17) is 0 Å². The van der Waals surface area contributed by atoms with Crippen molar-refractivity contribution in [3.05, 3.63) is 0 Å². The minimum Gasteiger partial charge on any atom is -0.146 e. The Labute approximate surface area is 78.9 Å². The van der Waals surface area contributed by atoms with Gasteiger partial charge in [0.25, 0.3) is 0 Å². The lowest BCUT2D eigenvalue weighted by Gasteiger charge is -2.14. The highest BCUT2D eigenvalue weighted by Gasteiger charge is 2.31. The number of hydrogen-bond donors (Lipinski definition) is 0. The van der Waals surface area contributed by atoms with Crippen LogP contribution in [-0.2, 0) is 0 Å². The molecule has 0 saturated carbocycles. The summed E-state index contributed by atoms with van der Waals surface area (Å²) in [6.45, 7) is 6.99. The molecule has 0 radical (unpaired) electrons. The molecule has 0 nitrogen and oxygen atoms in total. The number of unbranched alkanes of at least 4 members (excludes halogenated alkanes) is 1. The van der Waals surface area contributed by atoms with Gasteiger partial charge in [-0.25, -0.2) is 0 Å². The van der Waals surface area contributed by atoms with Crippen LogP contribution in [0.15, 0.2) is 0 Å². The van der Waals surface area contributed by atoms with Crippen LogP contribution in [0.3, 0.4) is 0 Å². The first-order valence-corrected chi connectivity index (χ1v) is 6.36. The Morgan fingerprint density at radius 3 is 2.64 bits per heavy atom. The number of hydrogen-bond acceptors (Lipinski definition) is 2. The Balaban J connectivity index is 2.20. The number of rotatable bonds is 3. The van der Waals surface area contributed by atoms with Crippen LogP contribution < -0.4 is 0 Å². The van der Waals surface area contributed by atoms with Crippen LogP contribution >= 0.6 is 23.5 Å². The first kappa shape index (κ1) is 9.79. The average Bonchev–Trinajstić information content (AvgIpc) is 2.26. The van der Waals surface area contributed by atoms with Gasteiger partial charge < -0.3 is 0 Å². The molecule has 1 heterocycles. The van der Waals surface area contributed by atoms with Crippen molar-refractivity contribution < 1.29 is 0 Å². The molecule has 0 aromatic heterocycles. The van der Waals surface area contributed by atoms with E-state index in [9.17, 15) is 0 Å². The molecule has 0 aromatic rings. The van der Waals surface area contributed by atoms with Crippen molar-refractivity contribution in [2.24, 2.45) is 0 Å². The molecule has 0 N–H and O–H groups in total. The van der Waals surface area contributed by atoms with Gasteiger partial charge >= 0.3 is 0 Å². The van der Waals surface area contributed by atoms with Crippen molar-refractivity contribution in [1.82, 2.24) is 0 Å². The zero-order valence-corrected chi connectivity index (χ0v) is 9.36. The molecule has 1 atom stereocenters. The molecule has 1 fully saturated rings. The summed E-state index contributed by atoms with van der Waals surface area (Å²) >= 11 is 4.32. The maximum atomic E-state index is 2.36. The van der Waals surface area contributed by atoms with Crippen molar-refractivity contribution in [3.63, 3.8) is 0 Å². The van der Waals surface area contributed by atoms with Gasteiger partial charge in [-0.15, -0.1) is 23.5 Å². The summed E-state index contributed by atoms with van der Waals surface area (Å²) in [7, 11) is 0. The zero-order chi connectivity index (χ0) is 8.32. The smallest absolute Gasteiger partial charge is 0.0508 e. The lowest BCUT2D eigenvalue weighted by Crippen LogP contribution is -2.12. The molecule has 66 valence electrons. The van der Waals surface area contributed by atoms with Crippen molar-refractivity contribution in [2.75, 3.05) is 5.75 Å². The predicted octanol–water partition coefficient (Wildman–Crippen LogP) is 3.76. The van der Waals surface area contributed by atoms with E-state index in [2.05, 4.69) is 44.3 Å². The molecule has 1 aliphatic heterocycles. The summed E-state index contributed by atoms with van der Waals surface area (Å²) in [6, 6.07) is 0. The molecular weight excluding hydrogens is 172 g/mol. The monoisotopic (exact) mass is 190 g/mol. The van der Waals surface area contributed by atoms with Gasteiger partial charge in [0.1, 0.15) is 0 Å². The molecule has 0 aliphatic carbocycles. The van der Waals surface area contributed by atoms with Crippen LogP contribution in [0.5, 0.6) is 0 Å². The third-order valence-electron chi connectivity index (χ3n) is 1.86. The van der Waals surface area contributed by atoms with Crippen LogP contribution in [0.1, 0.15) is 40.0 Å². The SMILES string of the molecule is CCCC[C@H]1SCC(C)(C)S1. The molecule has 2 heteroatoms. The minimum atomic E-state index is 0.545. The van der Waals surface area contributed by atoms with E-state index in [1.165, 1.54) is 25.0 Å². The second-order valence-corrected chi connectivity index (χ2v) is 7.16.